The molecule has 4 aliphatic carbocycles. The minimum absolute atomic E-state index is 0.105. The van der Waals surface area contributed by atoms with Crippen molar-refractivity contribution >= 4 is 11.8 Å². The zero-order chi connectivity index (χ0) is 17.8. The molecule has 4 heteroatoms. The minimum Gasteiger partial charge on any atom is -0.480 e. The molecule has 4 aliphatic rings. The van der Waals surface area contributed by atoms with Gasteiger partial charge in [-0.2, -0.15) is 0 Å². The highest BCUT2D eigenvalue weighted by Crippen LogP contribution is 2.66. The van der Waals surface area contributed by atoms with E-state index in [1.165, 1.54) is 25.7 Å². The van der Waals surface area contributed by atoms with Gasteiger partial charge in [0, 0.05) is 12.8 Å². The first kappa shape index (κ1) is 17.5. The van der Waals surface area contributed by atoms with Crippen LogP contribution in [0.1, 0.15) is 71.6 Å². The van der Waals surface area contributed by atoms with Crippen molar-refractivity contribution in [3.8, 4) is 0 Å². The lowest BCUT2D eigenvalue weighted by molar-refractivity contribution is -0.156. The molecular formula is C21H32O4. The van der Waals surface area contributed by atoms with Gasteiger partial charge < -0.3 is 9.84 Å². The second kappa shape index (κ2) is 6.07. The Balaban J connectivity index is 1.54. The Labute approximate surface area is 150 Å². The third kappa shape index (κ3) is 2.67. The number of Topliss-reactive ketones (excluding diaryl/α,β-unsaturated/α-hetero) is 1. The van der Waals surface area contributed by atoms with Crippen LogP contribution in [0.15, 0.2) is 0 Å². The molecule has 4 nitrogen and oxygen atoms in total. The Kier molecular flexibility index (Phi) is 4.25. The molecule has 0 aliphatic heterocycles. The maximum Gasteiger partial charge on any atom is 0.329 e. The topological polar surface area (TPSA) is 63.6 Å². The predicted molar refractivity (Wildman–Crippen MR) is 94.1 cm³/mol. The van der Waals surface area contributed by atoms with E-state index < -0.39 is 5.97 Å². The number of ether oxygens (including phenoxy) is 1. The van der Waals surface area contributed by atoms with E-state index in [0.29, 0.717) is 23.0 Å². The SMILES string of the molecule is C[C@]12CCC(=O)C[C@@H]1CCC1[C@@H]2CC[C@]2(C)[C@@H](OCC(=O)O)CC[C@@H]12. The lowest BCUT2D eigenvalue weighted by atomic mass is 9.45. The van der Waals surface area contributed by atoms with E-state index >= 15 is 0 Å². The Morgan fingerprint density at radius 1 is 1.08 bits per heavy atom. The van der Waals surface area contributed by atoms with Gasteiger partial charge in [-0.3, -0.25) is 4.79 Å². The van der Waals surface area contributed by atoms with Gasteiger partial charge >= 0.3 is 5.97 Å². The minimum atomic E-state index is -0.861. The van der Waals surface area contributed by atoms with Crippen molar-refractivity contribution in [2.24, 2.45) is 34.5 Å². The number of carbonyl (C=O) groups excluding carboxylic acids is 1. The molecule has 0 aromatic heterocycles. The molecule has 7 atom stereocenters. The van der Waals surface area contributed by atoms with Gasteiger partial charge in [-0.1, -0.05) is 13.8 Å². The maximum absolute atomic E-state index is 12.0. The van der Waals surface area contributed by atoms with Crippen molar-refractivity contribution in [1.29, 1.82) is 0 Å². The molecule has 140 valence electrons. The number of hydrogen-bond donors (Lipinski definition) is 1. The van der Waals surface area contributed by atoms with Crippen molar-refractivity contribution in [2.45, 2.75) is 77.7 Å². The molecule has 0 radical (unpaired) electrons. The average molecular weight is 348 g/mol. The Morgan fingerprint density at radius 3 is 2.60 bits per heavy atom. The second-order valence-electron chi connectivity index (χ2n) is 9.71. The van der Waals surface area contributed by atoms with Crippen molar-refractivity contribution in [2.75, 3.05) is 6.61 Å². The number of rotatable bonds is 3. The molecule has 1 N–H and O–H groups in total. The van der Waals surface area contributed by atoms with Crippen LogP contribution in [-0.2, 0) is 14.3 Å². The summed E-state index contributed by atoms with van der Waals surface area (Å²) < 4.78 is 5.82. The summed E-state index contributed by atoms with van der Waals surface area (Å²) >= 11 is 0. The van der Waals surface area contributed by atoms with Crippen molar-refractivity contribution in [1.82, 2.24) is 0 Å². The Hall–Kier alpha value is -0.900. The predicted octanol–water partition coefficient (Wildman–Crippen LogP) is 4.07. The van der Waals surface area contributed by atoms with Gasteiger partial charge in [-0.15, -0.1) is 0 Å². The molecule has 0 amide bonds. The summed E-state index contributed by atoms with van der Waals surface area (Å²) in [4.78, 5) is 22.9. The monoisotopic (exact) mass is 348 g/mol. The molecule has 4 fully saturated rings. The van der Waals surface area contributed by atoms with E-state index in [0.717, 1.165) is 43.9 Å². The highest BCUT2D eigenvalue weighted by Gasteiger charge is 2.60. The van der Waals surface area contributed by atoms with E-state index in [2.05, 4.69) is 13.8 Å². The van der Waals surface area contributed by atoms with Crippen LogP contribution < -0.4 is 0 Å². The van der Waals surface area contributed by atoms with E-state index in [9.17, 15) is 9.59 Å². The highest BCUT2D eigenvalue weighted by atomic mass is 16.5. The van der Waals surface area contributed by atoms with Gasteiger partial charge in [0.25, 0.3) is 0 Å². The van der Waals surface area contributed by atoms with Crippen molar-refractivity contribution in [3.05, 3.63) is 0 Å². The highest BCUT2D eigenvalue weighted by molar-refractivity contribution is 5.79. The quantitative estimate of drug-likeness (QED) is 0.835. The van der Waals surface area contributed by atoms with Gasteiger partial charge in [-0.05, 0) is 79.4 Å². The fourth-order valence-corrected chi connectivity index (χ4v) is 7.44. The Morgan fingerprint density at radius 2 is 1.84 bits per heavy atom. The summed E-state index contributed by atoms with van der Waals surface area (Å²) in [6, 6.07) is 0. The third-order valence-corrected chi connectivity index (χ3v) is 8.80. The molecule has 4 saturated carbocycles. The van der Waals surface area contributed by atoms with Crippen molar-refractivity contribution < 1.29 is 19.4 Å². The van der Waals surface area contributed by atoms with Gasteiger partial charge in [0.1, 0.15) is 12.4 Å². The van der Waals surface area contributed by atoms with E-state index in [4.69, 9.17) is 9.84 Å². The molecule has 0 saturated heterocycles. The fraction of sp³-hybridized carbons (Fsp3) is 0.905. The van der Waals surface area contributed by atoms with Crippen LogP contribution in [0.4, 0.5) is 0 Å². The third-order valence-electron chi connectivity index (χ3n) is 8.80. The largest absolute Gasteiger partial charge is 0.480 e. The molecular weight excluding hydrogens is 316 g/mol. The number of carboxylic acid groups (broad SMARTS) is 1. The van der Waals surface area contributed by atoms with E-state index in [1.807, 2.05) is 0 Å². The van der Waals surface area contributed by atoms with Crippen LogP contribution >= 0.6 is 0 Å². The normalized spacial score (nSPS) is 49.2. The maximum atomic E-state index is 12.0. The van der Waals surface area contributed by atoms with Crippen LogP contribution in [0.2, 0.25) is 0 Å². The van der Waals surface area contributed by atoms with Crippen LogP contribution in [-0.4, -0.2) is 29.6 Å². The molecule has 0 aromatic carbocycles. The van der Waals surface area contributed by atoms with Crippen molar-refractivity contribution in [3.63, 3.8) is 0 Å². The molecule has 25 heavy (non-hydrogen) atoms. The summed E-state index contributed by atoms with van der Waals surface area (Å²) in [6.07, 6.45) is 9.81. The molecule has 0 aromatic rings. The standard InChI is InChI=1S/C21H32O4/c1-20-9-7-14(22)11-13(20)3-4-15-16-5-6-18(25-12-19(23)24)21(16,2)10-8-17(15)20/h13,15-18H,3-12H2,1-2H3,(H,23,24)/t13-,15?,16-,17-,18-,20-,21-/m0/s1. The smallest absolute Gasteiger partial charge is 0.329 e. The van der Waals surface area contributed by atoms with E-state index in [1.54, 1.807) is 0 Å². The first-order valence-electron chi connectivity index (χ1n) is 10.2. The van der Waals surface area contributed by atoms with E-state index in [-0.39, 0.29) is 18.1 Å². The first-order valence-corrected chi connectivity index (χ1v) is 10.2. The Bertz CT molecular complexity index is 572. The summed E-state index contributed by atoms with van der Waals surface area (Å²) in [5, 5.41) is 8.97. The van der Waals surface area contributed by atoms with Crippen LogP contribution in [0.25, 0.3) is 0 Å². The lowest BCUT2D eigenvalue weighted by Gasteiger charge is -2.60. The summed E-state index contributed by atoms with van der Waals surface area (Å²) in [5.74, 6) is 2.37. The van der Waals surface area contributed by atoms with Crippen LogP contribution in [0, 0.1) is 34.5 Å². The van der Waals surface area contributed by atoms with Gasteiger partial charge in [0.15, 0.2) is 0 Å². The summed E-state index contributed by atoms with van der Waals surface area (Å²) in [5.41, 5.74) is 0.489. The molecule has 0 bridgehead atoms. The van der Waals surface area contributed by atoms with Gasteiger partial charge in [0.2, 0.25) is 0 Å². The van der Waals surface area contributed by atoms with Crippen LogP contribution in [0.3, 0.4) is 0 Å². The zero-order valence-electron chi connectivity index (χ0n) is 15.6. The first-order chi connectivity index (χ1) is 11.8. The average Bonchev–Trinajstić information content (AvgIpc) is 2.90. The summed E-state index contributed by atoms with van der Waals surface area (Å²) in [6.45, 7) is 4.66. The number of fused-ring (bicyclic) bond motifs is 5. The zero-order valence-corrected chi connectivity index (χ0v) is 15.6. The molecule has 0 heterocycles. The van der Waals surface area contributed by atoms with Gasteiger partial charge in [-0.25, -0.2) is 4.79 Å². The van der Waals surface area contributed by atoms with Gasteiger partial charge in [0.05, 0.1) is 6.10 Å². The number of carboxylic acids is 1. The molecule has 4 rings (SSSR count). The fourth-order valence-electron chi connectivity index (χ4n) is 7.44. The number of aliphatic carboxylic acids is 1. The number of hydrogen-bond acceptors (Lipinski definition) is 3. The summed E-state index contributed by atoms with van der Waals surface area (Å²) in [7, 11) is 0. The van der Waals surface area contributed by atoms with Crippen LogP contribution in [0.5, 0.6) is 0 Å². The molecule has 1 unspecified atom stereocenters. The second-order valence-corrected chi connectivity index (χ2v) is 9.71. The molecule has 0 spiro atoms. The number of carbonyl (C=O) groups is 2. The lowest BCUT2D eigenvalue weighted by Crippen LogP contribution is -2.54. The number of ketones is 1.